The lowest BCUT2D eigenvalue weighted by Gasteiger charge is -2.28. The number of alkyl halides is 3. The molecule has 1 atom stereocenters. The lowest BCUT2D eigenvalue weighted by molar-refractivity contribution is -0.122. The SMILES string of the molecule is CCCCCCCC(=O)N[C@H](NC(=S)Nc1ccc(Cl)cc1Cl)C(Cl)(Cl)Cl. The molecule has 1 aromatic carbocycles. The molecule has 1 amide bonds. The monoisotopic (exact) mass is 491 g/mol. The maximum Gasteiger partial charge on any atom is 0.228 e. The molecule has 0 spiro atoms. The Balaban J connectivity index is 2.58. The van der Waals surface area contributed by atoms with Crippen molar-refractivity contribution >= 4 is 86.9 Å². The van der Waals surface area contributed by atoms with Gasteiger partial charge in [0.15, 0.2) is 5.11 Å². The van der Waals surface area contributed by atoms with Crippen molar-refractivity contribution in [1.82, 2.24) is 10.6 Å². The number of anilines is 1. The van der Waals surface area contributed by atoms with Crippen molar-refractivity contribution in [3.8, 4) is 0 Å². The molecule has 4 nitrogen and oxygen atoms in total. The van der Waals surface area contributed by atoms with E-state index in [0.717, 1.165) is 32.1 Å². The van der Waals surface area contributed by atoms with Crippen LogP contribution >= 0.6 is 70.2 Å². The van der Waals surface area contributed by atoms with Crippen LogP contribution in [0.3, 0.4) is 0 Å². The van der Waals surface area contributed by atoms with Crippen LogP contribution in [0, 0.1) is 0 Å². The number of hydrogen-bond donors (Lipinski definition) is 3. The molecule has 0 aliphatic carbocycles. The Morgan fingerprint density at radius 3 is 2.37 bits per heavy atom. The Labute approximate surface area is 190 Å². The van der Waals surface area contributed by atoms with E-state index >= 15 is 0 Å². The minimum atomic E-state index is -1.80. The van der Waals surface area contributed by atoms with Crippen molar-refractivity contribution in [1.29, 1.82) is 0 Å². The van der Waals surface area contributed by atoms with Gasteiger partial charge in [0, 0.05) is 11.4 Å². The third-order valence-electron chi connectivity index (χ3n) is 3.59. The number of amides is 1. The number of thiocarbonyl (C=S) groups is 1. The topological polar surface area (TPSA) is 53.2 Å². The summed E-state index contributed by atoms with van der Waals surface area (Å²) in [6.45, 7) is 2.14. The van der Waals surface area contributed by atoms with E-state index in [0.29, 0.717) is 22.2 Å². The normalized spacial score (nSPS) is 12.4. The Hall–Kier alpha value is -0.170. The molecule has 1 aromatic rings. The fraction of sp³-hybridized carbons (Fsp3) is 0.529. The zero-order chi connectivity index (χ0) is 20.4. The van der Waals surface area contributed by atoms with E-state index in [9.17, 15) is 4.79 Å². The van der Waals surface area contributed by atoms with Gasteiger partial charge in [-0.3, -0.25) is 4.79 Å². The first-order valence-electron chi connectivity index (χ1n) is 8.52. The highest BCUT2D eigenvalue weighted by Gasteiger charge is 2.34. The van der Waals surface area contributed by atoms with Crippen LogP contribution in [0.25, 0.3) is 0 Å². The van der Waals surface area contributed by atoms with Crippen molar-refractivity contribution in [2.45, 2.75) is 55.4 Å². The second-order valence-electron chi connectivity index (χ2n) is 5.93. The lowest BCUT2D eigenvalue weighted by atomic mass is 10.1. The van der Waals surface area contributed by atoms with Gasteiger partial charge in [0.1, 0.15) is 6.17 Å². The largest absolute Gasteiger partial charge is 0.339 e. The summed E-state index contributed by atoms with van der Waals surface area (Å²) in [5, 5.41) is 9.35. The summed E-state index contributed by atoms with van der Waals surface area (Å²) in [6, 6.07) is 4.89. The summed E-state index contributed by atoms with van der Waals surface area (Å²) >= 11 is 35.1. The van der Waals surface area contributed by atoms with Crippen molar-refractivity contribution < 1.29 is 4.79 Å². The quantitative estimate of drug-likeness (QED) is 0.160. The molecule has 0 aromatic heterocycles. The highest BCUT2D eigenvalue weighted by molar-refractivity contribution is 7.80. The zero-order valence-corrected chi connectivity index (χ0v) is 19.4. The number of carbonyl (C=O) groups excluding carboxylic acids is 1. The molecule has 152 valence electrons. The van der Waals surface area contributed by atoms with Gasteiger partial charge in [-0.2, -0.15) is 0 Å². The Morgan fingerprint density at radius 2 is 1.78 bits per heavy atom. The molecule has 0 unspecified atom stereocenters. The molecule has 3 N–H and O–H groups in total. The number of hydrogen-bond acceptors (Lipinski definition) is 2. The van der Waals surface area contributed by atoms with Gasteiger partial charge in [-0.25, -0.2) is 0 Å². The fourth-order valence-electron chi connectivity index (χ4n) is 2.20. The number of rotatable bonds is 9. The van der Waals surface area contributed by atoms with Crippen LogP contribution in [-0.2, 0) is 4.79 Å². The van der Waals surface area contributed by atoms with Gasteiger partial charge < -0.3 is 16.0 Å². The van der Waals surface area contributed by atoms with Crippen molar-refractivity contribution in [3.63, 3.8) is 0 Å². The predicted octanol–water partition coefficient (Wildman–Crippen LogP) is 6.45. The van der Waals surface area contributed by atoms with Crippen LogP contribution in [-0.4, -0.2) is 21.0 Å². The van der Waals surface area contributed by atoms with E-state index in [1.807, 2.05) is 0 Å². The third-order valence-corrected chi connectivity index (χ3v) is 5.02. The molecule has 1 rings (SSSR count). The molecular weight excluding hydrogens is 472 g/mol. The van der Waals surface area contributed by atoms with Crippen molar-refractivity contribution in [2.24, 2.45) is 0 Å². The summed E-state index contributed by atoms with van der Waals surface area (Å²) < 4.78 is -1.80. The van der Waals surface area contributed by atoms with Gasteiger partial charge in [0.25, 0.3) is 0 Å². The average molecular weight is 494 g/mol. The molecule has 0 bridgehead atoms. The molecule has 0 heterocycles. The van der Waals surface area contributed by atoms with Crippen LogP contribution in [0.2, 0.25) is 10.0 Å². The molecule has 0 aliphatic heterocycles. The maximum atomic E-state index is 12.1. The van der Waals surface area contributed by atoms with Crippen LogP contribution in [0.5, 0.6) is 0 Å². The van der Waals surface area contributed by atoms with Gasteiger partial charge in [0.05, 0.1) is 10.7 Å². The van der Waals surface area contributed by atoms with E-state index < -0.39 is 9.96 Å². The van der Waals surface area contributed by atoms with Gasteiger partial charge >= 0.3 is 0 Å². The Kier molecular flexibility index (Phi) is 11.4. The first-order chi connectivity index (χ1) is 12.6. The minimum absolute atomic E-state index is 0.138. The van der Waals surface area contributed by atoms with E-state index in [1.165, 1.54) is 0 Å². The van der Waals surface area contributed by atoms with E-state index in [2.05, 4.69) is 22.9 Å². The second kappa shape index (κ2) is 12.4. The van der Waals surface area contributed by atoms with Crippen LogP contribution in [0.1, 0.15) is 45.4 Å². The van der Waals surface area contributed by atoms with Crippen LogP contribution < -0.4 is 16.0 Å². The number of benzene rings is 1. The highest BCUT2D eigenvalue weighted by atomic mass is 35.6. The molecule has 0 aliphatic rings. The van der Waals surface area contributed by atoms with Gasteiger partial charge in [0.2, 0.25) is 9.70 Å². The summed E-state index contributed by atoms with van der Waals surface area (Å²) in [5.74, 6) is -0.220. The van der Waals surface area contributed by atoms with E-state index in [1.54, 1.807) is 18.2 Å². The zero-order valence-electron chi connectivity index (χ0n) is 14.8. The number of halogens is 5. The first kappa shape index (κ1) is 24.9. The third kappa shape index (κ3) is 10.2. The Bertz CT molecular complexity index is 639. The fourth-order valence-corrected chi connectivity index (χ4v) is 3.21. The first-order valence-corrected chi connectivity index (χ1v) is 10.8. The summed E-state index contributed by atoms with van der Waals surface area (Å²) in [5.41, 5.74) is 0.531. The average Bonchev–Trinajstić information content (AvgIpc) is 2.56. The lowest BCUT2D eigenvalue weighted by Crippen LogP contribution is -2.56. The number of unbranched alkanes of at least 4 members (excludes halogenated alkanes) is 4. The van der Waals surface area contributed by atoms with E-state index in [-0.39, 0.29) is 11.0 Å². The molecule has 10 heteroatoms. The smallest absolute Gasteiger partial charge is 0.228 e. The molecule has 27 heavy (non-hydrogen) atoms. The van der Waals surface area contributed by atoms with Crippen LogP contribution in [0.15, 0.2) is 18.2 Å². The summed E-state index contributed by atoms with van der Waals surface area (Å²) in [6.07, 6.45) is 4.53. The molecule has 0 saturated carbocycles. The van der Waals surface area contributed by atoms with E-state index in [4.69, 9.17) is 70.2 Å². The van der Waals surface area contributed by atoms with Crippen LogP contribution in [0.4, 0.5) is 5.69 Å². The molecule has 0 fully saturated rings. The van der Waals surface area contributed by atoms with Crippen molar-refractivity contribution in [3.05, 3.63) is 28.2 Å². The second-order valence-corrected chi connectivity index (χ2v) is 9.55. The molecular formula is C17H22Cl5N3OS. The number of carbonyl (C=O) groups is 1. The maximum absolute atomic E-state index is 12.1. The standard InChI is InChI=1S/C17H22Cl5N3OS/c1-2-3-4-5-6-7-14(26)24-15(17(20,21)22)25-16(27)23-13-9-8-11(18)10-12(13)19/h8-10,15H,2-7H2,1H3,(H,24,26)(H2,23,25,27)/t15-/m1/s1. The van der Waals surface area contributed by atoms with Crippen molar-refractivity contribution in [2.75, 3.05) is 5.32 Å². The van der Waals surface area contributed by atoms with Gasteiger partial charge in [-0.15, -0.1) is 0 Å². The Morgan fingerprint density at radius 1 is 1.11 bits per heavy atom. The minimum Gasteiger partial charge on any atom is -0.339 e. The molecule has 0 radical (unpaired) electrons. The predicted molar refractivity (Wildman–Crippen MR) is 121 cm³/mol. The van der Waals surface area contributed by atoms with Gasteiger partial charge in [-0.05, 0) is 36.8 Å². The highest BCUT2D eigenvalue weighted by Crippen LogP contribution is 2.30. The number of nitrogens with one attached hydrogen (secondary N) is 3. The molecule has 0 saturated heterocycles. The van der Waals surface area contributed by atoms with Gasteiger partial charge in [-0.1, -0.05) is 90.6 Å². The summed E-state index contributed by atoms with van der Waals surface area (Å²) in [4.78, 5) is 12.1. The summed E-state index contributed by atoms with van der Waals surface area (Å²) in [7, 11) is 0.